The molecule has 1 aliphatic heterocycles. The largest absolute Gasteiger partial charge is 0.383 e. The molecule has 4 heterocycles. The van der Waals surface area contributed by atoms with Gasteiger partial charge in [0.25, 0.3) is 0 Å². The molecule has 1 N–H and O–H groups in total. The Balaban J connectivity index is 1.78. The van der Waals surface area contributed by atoms with Gasteiger partial charge in [0.15, 0.2) is 5.11 Å². The molecule has 3 aromatic heterocycles. The summed E-state index contributed by atoms with van der Waals surface area (Å²) in [6.07, 6.45) is 5.64. The van der Waals surface area contributed by atoms with E-state index in [0.29, 0.717) is 18.3 Å². The van der Waals surface area contributed by atoms with Crippen LogP contribution < -0.4 is 5.32 Å². The third-order valence-corrected chi connectivity index (χ3v) is 5.07. The zero-order chi connectivity index (χ0) is 18.6. The van der Waals surface area contributed by atoms with E-state index in [1.165, 1.54) is 0 Å². The maximum Gasteiger partial charge on any atom is 0.170 e. The average Bonchev–Trinajstić information content (AvgIpc) is 3.32. The van der Waals surface area contributed by atoms with E-state index in [1.54, 1.807) is 13.3 Å². The monoisotopic (exact) mass is 379 g/mol. The predicted octanol–water partition coefficient (Wildman–Crippen LogP) is 2.89. The van der Waals surface area contributed by atoms with Crippen LogP contribution in [0.25, 0.3) is 5.82 Å². The van der Waals surface area contributed by atoms with Crippen molar-refractivity contribution in [2.45, 2.75) is 12.1 Å². The van der Waals surface area contributed by atoms with Crippen molar-refractivity contribution in [1.29, 1.82) is 0 Å². The number of nitrogens with zero attached hydrogens (tertiary/aromatic N) is 4. The smallest absolute Gasteiger partial charge is 0.170 e. The molecule has 6 nitrogen and oxygen atoms in total. The summed E-state index contributed by atoms with van der Waals surface area (Å²) in [6, 6.07) is 15.9. The Labute approximate surface area is 163 Å². The van der Waals surface area contributed by atoms with E-state index in [-0.39, 0.29) is 12.1 Å². The van der Waals surface area contributed by atoms with Gasteiger partial charge in [0, 0.05) is 37.9 Å². The number of methoxy groups -OCH3 is 1. The molecule has 2 atom stereocenters. The molecule has 27 heavy (non-hydrogen) atoms. The van der Waals surface area contributed by atoms with Gasteiger partial charge in [-0.3, -0.25) is 4.98 Å². The summed E-state index contributed by atoms with van der Waals surface area (Å²) in [4.78, 5) is 11.2. The van der Waals surface area contributed by atoms with Gasteiger partial charge < -0.3 is 19.5 Å². The molecule has 4 rings (SSSR count). The summed E-state index contributed by atoms with van der Waals surface area (Å²) in [5.41, 5.74) is 2.06. The molecular weight excluding hydrogens is 358 g/mol. The lowest BCUT2D eigenvalue weighted by atomic mass is 10.0. The fourth-order valence-electron chi connectivity index (χ4n) is 3.50. The Morgan fingerprint density at radius 2 is 1.89 bits per heavy atom. The number of aromatic nitrogens is 3. The van der Waals surface area contributed by atoms with Crippen LogP contribution in [0.3, 0.4) is 0 Å². The molecule has 0 aromatic carbocycles. The Hall–Kier alpha value is -2.77. The molecule has 0 saturated carbocycles. The van der Waals surface area contributed by atoms with Gasteiger partial charge in [-0.1, -0.05) is 12.1 Å². The van der Waals surface area contributed by atoms with Crippen LogP contribution in [0.2, 0.25) is 0 Å². The lowest BCUT2D eigenvalue weighted by Gasteiger charge is -2.28. The molecule has 1 fully saturated rings. The van der Waals surface area contributed by atoms with Crippen molar-refractivity contribution in [2.75, 3.05) is 20.3 Å². The van der Waals surface area contributed by atoms with E-state index in [1.807, 2.05) is 54.9 Å². The first kappa shape index (κ1) is 17.6. The first-order valence-electron chi connectivity index (χ1n) is 8.85. The molecule has 1 saturated heterocycles. The van der Waals surface area contributed by atoms with E-state index in [2.05, 4.69) is 30.8 Å². The minimum Gasteiger partial charge on any atom is -0.383 e. The fraction of sp³-hybridized carbons (Fsp3) is 0.250. The lowest BCUT2D eigenvalue weighted by Crippen LogP contribution is -2.33. The zero-order valence-electron chi connectivity index (χ0n) is 15.0. The standard InChI is InChI=1S/C20H21N5OS/c1-26-14-13-25-19(18(23-20(25)27)15-7-2-4-10-21-15)16-8-6-12-24(16)17-9-3-5-11-22-17/h2-12,18-19H,13-14H2,1H3,(H,23,27)/t18-,19+/m1/s1. The highest BCUT2D eigenvalue weighted by molar-refractivity contribution is 7.80. The van der Waals surface area contributed by atoms with Gasteiger partial charge in [-0.05, 0) is 48.6 Å². The van der Waals surface area contributed by atoms with Gasteiger partial charge >= 0.3 is 0 Å². The lowest BCUT2D eigenvalue weighted by molar-refractivity contribution is 0.163. The number of rotatable bonds is 6. The van der Waals surface area contributed by atoms with Crippen molar-refractivity contribution in [2.24, 2.45) is 0 Å². The van der Waals surface area contributed by atoms with Crippen molar-refractivity contribution in [1.82, 2.24) is 24.8 Å². The van der Waals surface area contributed by atoms with Crippen LogP contribution in [0.15, 0.2) is 67.1 Å². The van der Waals surface area contributed by atoms with Crippen LogP contribution in [-0.2, 0) is 4.74 Å². The van der Waals surface area contributed by atoms with Crippen LogP contribution in [0.5, 0.6) is 0 Å². The van der Waals surface area contributed by atoms with Gasteiger partial charge in [0.05, 0.1) is 24.4 Å². The summed E-state index contributed by atoms with van der Waals surface area (Å²) < 4.78 is 7.42. The molecule has 0 unspecified atom stereocenters. The minimum atomic E-state index is -0.0482. The highest BCUT2D eigenvalue weighted by Gasteiger charge is 2.41. The van der Waals surface area contributed by atoms with E-state index < -0.39 is 0 Å². The molecule has 0 amide bonds. The van der Waals surface area contributed by atoms with Crippen molar-refractivity contribution < 1.29 is 4.74 Å². The minimum absolute atomic E-state index is 0.0143. The van der Waals surface area contributed by atoms with Crippen LogP contribution in [-0.4, -0.2) is 44.8 Å². The molecule has 7 heteroatoms. The van der Waals surface area contributed by atoms with Crippen molar-refractivity contribution in [3.05, 3.63) is 78.5 Å². The molecule has 1 aliphatic rings. The van der Waals surface area contributed by atoms with Crippen LogP contribution in [0, 0.1) is 0 Å². The summed E-state index contributed by atoms with van der Waals surface area (Å²) >= 11 is 5.65. The van der Waals surface area contributed by atoms with Crippen molar-refractivity contribution >= 4 is 17.3 Å². The second kappa shape index (κ2) is 7.85. The summed E-state index contributed by atoms with van der Waals surface area (Å²) in [5.74, 6) is 0.877. The maximum absolute atomic E-state index is 5.65. The molecule has 0 radical (unpaired) electrons. The van der Waals surface area contributed by atoms with Gasteiger partial charge in [0.2, 0.25) is 0 Å². The molecule has 3 aromatic rings. The Morgan fingerprint density at radius 1 is 1.07 bits per heavy atom. The quantitative estimate of drug-likeness (QED) is 0.665. The maximum atomic E-state index is 5.65. The number of nitrogens with one attached hydrogen (secondary N) is 1. The highest BCUT2D eigenvalue weighted by atomic mass is 32.1. The van der Waals surface area contributed by atoms with E-state index in [4.69, 9.17) is 17.0 Å². The van der Waals surface area contributed by atoms with Gasteiger partial charge in [0.1, 0.15) is 5.82 Å². The second-order valence-electron chi connectivity index (χ2n) is 6.30. The Morgan fingerprint density at radius 3 is 2.59 bits per heavy atom. The molecule has 0 aliphatic carbocycles. The highest BCUT2D eigenvalue weighted by Crippen LogP contribution is 2.39. The number of hydrogen-bond acceptors (Lipinski definition) is 4. The van der Waals surface area contributed by atoms with Gasteiger partial charge in [-0.2, -0.15) is 0 Å². The Bertz CT molecular complexity index is 899. The number of hydrogen-bond donors (Lipinski definition) is 1. The molecular formula is C20H21N5OS. The molecule has 138 valence electrons. The average molecular weight is 379 g/mol. The normalized spacial score (nSPS) is 19.3. The van der Waals surface area contributed by atoms with Crippen LogP contribution in [0.4, 0.5) is 0 Å². The van der Waals surface area contributed by atoms with E-state index in [0.717, 1.165) is 17.2 Å². The summed E-state index contributed by atoms with van der Waals surface area (Å²) in [5, 5.41) is 4.16. The summed E-state index contributed by atoms with van der Waals surface area (Å²) in [7, 11) is 1.70. The SMILES string of the molecule is COCCN1C(=S)N[C@H](c2ccccn2)[C@@H]1c1cccn1-c1ccccn1. The van der Waals surface area contributed by atoms with E-state index in [9.17, 15) is 0 Å². The third kappa shape index (κ3) is 3.43. The Kier molecular flexibility index (Phi) is 5.13. The number of pyridine rings is 2. The third-order valence-electron chi connectivity index (χ3n) is 4.71. The van der Waals surface area contributed by atoms with Crippen LogP contribution >= 0.6 is 12.2 Å². The topological polar surface area (TPSA) is 55.2 Å². The van der Waals surface area contributed by atoms with Crippen molar-refractivity contribution in [3.63, 3.8) is 0 Å². The first-order chi connectivity index (χ1) is 13.3. The zero-order valence-corrected chi connectivity index (χ0v) is 15.8. The van der Waals surface area contributed by atoms with Gasteiger partial charge in [-0.25, -0.2) is 4.98 Å². The first-order valence-corrected chi connectivity index (χ1v) is 9.26. The number of ether oxygens (including phenoxy) is 1. The summed E-state index contributed by atoms with van der Waals surface area (Å²) in [6.45, 7) is 1.29. The van der Waals surface area contributed by atoms with Crippen molar-refractivity contribution in [3.8, 4) is 5.82 Å². The van der Waals surface area contributed by atoms with E-state index >= 15 is 0 Å². The van der Waals surface area contributed by atoms with Crippen LogP contribution in [0.1, 0.15) is 23.5 Å². The second-order valence-corrected chi connectivity index (χ2v) is 6.69. The molecule has 0 bridgehead atoms. The molecule has 0 spiro atoms. The predicted molar refractivity (Wildman–Crippen MR) is 108 cm³/mol. The van der Waals surface area contributed by atoms with Gasteiger partial charge in [-0.15, -0.1) is 0 Å². The number of thiocarbonyl (C=S) groups is 1. The fourth-order valence-corrected chi connectivity index (χ4v) is 3.83.